The van der Waals surface area contributed by atoms with Crippen LogP contribution in [0, 0.1) is 0 Å². The zero-order chi connectivity index (χ0) is 47.3. The predicted molar refractivity (Wildman–Crippen MR) is 271 cm³/mol. The van der Waals surface area contributed by atoms with Crippen LogP contribution in [0.5, 0.6) is 0 Å². The minimum absolute atomic E-state index is 0.164. The average molecular weight is 904 g/mol. The van der Waals surface area contributed by atoms with Crippen LogP contribution in [0.15, 0.2) is 134 Å². The third-order valence-electron chi connectivity index (χ3n) is 10.8. The zero-order valence-corrected chi connectivity index (χ0v) is 40.2. The van der Waals surface area contributed by atoms with Gasteiger partial charge in [-0.15, -0.1) is 0 Å². The second kappa shape index (κ2) is 44.2. The van der Waals surface area contributed by atoms with Crippen LogP contribution in [-0.2, 0) is 14.3 Å². The van der Waals surface area contributed by atoms with E-state index in [1.807, 2.05) is 0 Å². The van der Waals surface area contributed by atoms with Gasteiger partial charge in [0, 0.05) is 6.42 Å². The van der Waals surface area contributed by atoms with Crippen LogP contribution in [0.25, 0.3) is 0 Å². The van der Waals surface area contributed by atoms with Gasteiger partial charge >= 0.3 is 0 Å². The number of aliphatic hydroxyl groups is 5. The van der Waals surface area contributed by atoms with Crippen molar-refractivity contribution >= 4 is 5.91 Å². The number of hydrogen-bond donors (Lipinski definition) is 6. The maximum Gasteiger partial charge on any atom is 0.220 e. The molecule has 9 nitrogen and oxygen atoms in total. The van der Waals surface area contributed by atoms with E-state index in [9.17, 15) is 30.3 Å². The van der Waals surface area contributed by atoms with E-state index >= 15 is 0 Å². The molecule has 1 aliphatic rings. The first-order valence-electron chi connectivity index (χ1n) is 24.9. The minimum Gasteiger partial charge on any atom is -0.394 e. The van der Waals surface area contributed by atoms with Crippen molar-refractivity contribution in [3.05, 3.63) is 134 Å². The second-order valence-electron chi connectivity index (χ2n) is 16.5. The van der Waals surface area contributed by atoms with Crippen molar-refractivity contribution in [3.8, 4) is 0 Å². The van der Waals surface area contributed by atoms with E-state index in [2.05, 4.69) is 153 Å². The lowest BCUT2D eigenvalue weighted by Crippen LogP contribution is -2.60. The van der Waals surface area contributed by atoms with Crippen LogP contribution in [-0.4, -0.2) is 87.5 Å². The summed E-state index contributed by atoms with van der Waals surface area (Å²) >= 11 is 0. The van der Waals surface area contributed by atoms with E-state index in [-0.39, 0.29) is 12.5 Å². The molecular formula is C56H89NO8. The molecule has 0 bridgehead atoms. The summed E-state index contributed by atoms with van der Waals surface area (Å²) in [5, 5.41) is 53.9. The van der Waals surface area contributed by atoms with Gasteiger partial charge in [0.05, 0.1) is 25.4 Å². The Hall–Kier alpha value is -3.67. The van der Waals surface area contributed by atoms with Crippen LogP contribution >= 0.6 is 0 Å². The Labute approximate surface area is 394 Å². The third-order valence-corrected chi connectivity index (χ3v) is 10.8. The molecule has 0 aromatic heterocycles. The third kappa shape index (κ3) is 34.3. The molecule has 366 valence electrons. The summed E-state index contributed by atoms with van der Waals surface area (Å²) in [4.78, 5) is 12.9. The average Bonchev–Trinajstić information content (AvgIpc) is 3.31. The largest absolute Gasteiger partial charge is 0.394 e. The van der Waals surface area contributed by atoms with Crippen molar-refractivity contribution < 1.29 is 39.8 Å². The fourth-order valence-corrected chi connectivity index (χ4v) is 6.81. The quantitative estimate of drug-likeness (QED) is 0.0264. The molecule has 1 heterocycles. The minimum atomic E-state index is -1.56. The van der Waals surface area contributed by atoms with Crippen molar-refractivity contribution in [1.82, 2.24) is 5.32 Å². The maximum absolute atomic E-state index is 12.9. The van der Waals surface area contributed by atoms with Gasteiger partial charge in [0.1, 0.15) is 24.4 Å². The highest BCUT2D eigenvalue weighted by atomic mass is 16.7. The van der Waals surface area contributed by atoms with E-state index < -0.39 is 49.5 Å². The molecule has 0 aromatic carbocycles. The Bertz CT molecular complexity index is 1470. The van der Waals surface area contributed by atoms with Crippen molar-refractivity contribution in [2.75, 3.05) is 13.2 Å². The molecule has 9 heteroatoms. The SMILES string of the molecule is CC/C=C\C/C=C\C/C=C\C/C=C\C/C=C\C/C=C\C/C=C\C/C=C\C/C=C\C/C=C\C/C=C\CCCCCC(=O)NC(COC1OC(CO)C(O)C(O)C1O)C(O)CCCCCCC. The summed E-state index contributed by atoms with van der Waals surface area (Å²) in [6.45, 7) is 3.57. The molecule has 1 rings (SSSR count). The van der Waals surface area contributed by atoms with Crippen LogP contribution in [0.1, 0.15) is 155 Å². The van der Waals surface area contributed by atoms with Crippen LogP contribution < -0.4 is 5.32 Å². The molecule has 0 spiro atoms. The normalized spacial score (nSPS) is 21.1. The molecule has 7 atom stereocenters. The van der Waals surface area contributed by atoms with Gasteiger partial charge in [-0.25, -0.2) is 0 Å². The molecule has 1 saturated heterocycles. The highest BCUT2D eigenvalue weighted by Crippen LogP contribution is 2.23. The van der Waals surface area contributed by atoms with Gasteiger partial charge in [-0.3, -0.25) is 4.79 Å². The number of carbonyl (C=O) groups excluding carboxylic acids is 1. The molecule has 0 aliphatic carbocycles. The Morgan fingerprint density at radius 1 is 0.538 bits per heavy atom. The maximum atomic E-state index is 12.9. The molecule has 1 aliphatic heterocycles. The summed E-state index contributed by atoms with van der Waals surface area (Å²) < 4.78 is 11.1. The Morgan fingerprint density at radius 3 is 1.38 bits per heavy atom. The molecule has 6 N–H and O–H groups in total. The zero-order valence-electron chi connectivity index (χ0n) is 40.2. The highest BCUT2D eigenvalue weighted by Gasteiger charge is 2.44. The topological polar surface area (TPSA) is 149 Å². The standard InChI is InChI=1S/C56H89NO8/c1-3-5-7-9-10-11-12-13-14-15-16-17-18-19-20-21-22-23-24-25-26-27-28-29-30-31-32-33-34-35-36-37-38-39-40-42-44-46-52(60)57-49(50(59)45-43-41-8-6-4-2)48-64-56-55(63)54(62)53(61)51(47-58)65-56/h5,7,10-11,13-14,16-17,19-20,22-23,25-26,28-29,31-32,34-35,37-38,49-51,53-56,58-59,61-63H,3-4,6,8-9,12,15,18,21,24,27,30,33,36,39-48H2,1-2H3,(H,57,60)/b7-5-,11-10-,14-13-,17-16-,20-19-,23-22-,26-25-,29-28-,32-31-,35-34-,38-37-. The number of hydrogen-bond acceptors (Lipinski definition) is 8. The summed E-state index contributed by atoms with van der Waals surface area (Å²) in [7, 11) is 0. The lowest BCUT2D eigenvalue weighted by atomic mass is 9.99. The first-order valence-corrected chi connectivity index (χ1v) is 24.9. The number of unbranched alkanes of at least 4 members (excludes halogenated alkanes) is 7. The molecule has 65 heavy (non-hydrogen) atoms. The van der Waals surface area contributed by atoms with E-state index in [0.717, 1.165) is 128 Å². The van der Waals surface area contributed by atoms with Gasteiger partial charge in [-0.2, -0.15) is 0 Å². The van der Waals surface area contributed by atoms with Crippen LogP contribution in [0.2, 0.25) is 0 Å². The van der Waals surface area contributed by atoms with Gasteiger partial charge < -0.3 is 40.3 Å². The van der Waals surface area contributed by atoms with E-state index in [1.54, 1.807) is 0 Å². The number of carbonyl (C=O) groups is 1. The molecule has 1 amide bonds. The summed E-state index contributed by atoms with van der Waals surface area (Å²) in [5.74, 6) is -0.191. The van der Waals surface area contributed by atoms with E-state index in [1.165, 1.54) is 0 Å². The van der Waals surface area contributed by atoms with Gasteiger partial charge in [0.2, 0.25) is 5.91 Å². The van der Waals surface area contributed by atoms with Crippen molar-refractivity contribution in [2.24, 2.45) is 0 Å². The van der Waals surface area contributed by atoms with Crippen molar-refractivity contribution in [3.63, 3.8) is 0 Å². The number of rotatable bonds is 39. The first kappa shape index (κ1) is 59.3. The molecule has 0 saturated carbocycles. The van der Waals surface area contributed by atoms with Gasteiger partial charge in [0.15, 0.2) is 6.29 Å². The van der Waals surface area contributed by atoms with Crippen LogP contribution in [0.4, 0.5) is 0 Å². The smallest absolute Gasteiger partial charge is 0.220 e. The van der Waals surface area contributed by atoms with E-state index in [0.29, 0.717) is 12.8 Å². The Kier molecular flexibility index (Phi) is 40.3. The number of nitrogens with one attached hydrogen (secondary N) is 1. The number of aliphatic hydroxyl groups excluding tert-OH is 5. The van der Waals surface area contributed by atoms with Gasteiger partial charge in [-0.05, 0) is 96.3 Å². The monoisotopic (exact) mass is 904 g/mol. The van der Waals surface area contributed by atoms with Gasteiger partial charge in [-0.1, -0.05) is 186 Å². The number of ether oxygens (including phenoxy) is 2. The molecule has 0 aromatic rings. The lowest BCUT2D eigenvalue weighted by Gasteiger charge is -2.40. The summed E-state index contributed by atoms with van der Waals surface area (Å²) in [5.41, 5.74) is 0. The predicted octanol–water partition coefficient (Wildman–Crippen LogP) is 11.4. The van der Waals surface area contributed by atoms with Crippen molar-refractivity contribution in [2.45, 2.75) is 198 Å². The van der Waals surface area contributed by atoms with Crippen molar-refractivity contribution in [1.29, 1.82) is 0 Å². The molecule has 0 radical (unpaired) electrons. The molecule has 1 fully saturated rings. The van der Waals surface area contributed by atoms with Gasteiger partial charge in [0.25, 0.3) is 0 Å². The Balaban J connectivity index is 2.14. The molecular weight excluding hydrogens is 815 g/mol. The number of allylic oxidation sites excluding steroid dienone is 22. The van der Waals surface area contributed by atoms with E-state index in [4.69, 9.17) is 9.47 Å². The summed E-state index contributed by atoms with van der Waals surface area (Å²) in [6, 6.07) is -0.743. The fraction of sp³-hybridized carbons (Fsp3) is 0.589. The second-order valence-corrected chi connectivity index (χ2v) is 16.5. The first-order chi connectivity index (χ1) is 31.8. The molecule has 7 unspecified atom stereocenters. The summed E-state index contributed by atoms with van der Waals surface area (Å²) in [6.07, 6.45) is 61.0. The Morgan fingerprint density at radius 2 is 0.954 bits per heavy atom. The highest BCUT2D eigenvalue weighted by molar-refractivity contribution is 5.76. The lowest BCUT2D eigenvalue weighted by molar-refractivity contribution is -0.302. The fourth-order valence-electron chi connectivity index (χ4n) is 6.81. The number of amides is 1. The van der Waals surface area contributed by atoms with Crippen LogP contribution in [0.3, 0.4) is 0 Å².